The summed E-state index contributed by atoms with van der Waals surface area (Å²) in [5, 5.41) is 10.8. The highest BCUT2D eigenvalue weighted by Gasteiger charge is 2.17. The first-order valence-corrected chi connectivity index (χ1v) is 5.07. The van der Waals surface area contributed by atoms with Crippen LogP contribution in [0.1, 0.15) is 5.48 Å². The van der Waals surface area contributed by atoms with E-state index in [4.69, 9.17) is 11.2 Å². The van der Waals surface area contributed by atoms with Gasteiger partial charge < -0.3 is 15.5 Å². The van der Waals surface area contributed by atoms with Crippen molar-refractivity contribution in [2.24, 2.45) is 0 Å². The molecule has 0 aliphatic carbocycles. The fraction of sp³-hybridized carbons (Fsp3) is 0.455. The Balaban J connectivity index is 2.48. The molecule has 17 heavy (non-hydrogen) atoms. The average Bonchev–Trinajstić information content (AvgIpc) is 2.23. The number of anilines is 2. The van der Waals surface area contributed by atoms with Crippen LogP contribution in [0.4, 0.5) is 17.1 Å². The normalized spacial score (nSPS) is 26.5. The summed E-state index contributed by atoms with van der Waals surface area (Å²) in [6.45, 7) is -3.88. The van der Waals surface area contributed by atoms with Crippen LogP contribution < -0.4 is 10.6 Å². The Morgan fingerprint density at radius 2 is 2.12 bits per heavy atom. The Bertz CT molecular complexity index is 563. The number of nitro benzene ring substituents is 1. The molecule has 92 valence electrons. The SMILES string of the molecule is [2H]C1([2H])CN(C)CC([2H])([2H])N1c1ccc([N+](=O)[O-])c(N)c1. The summed E-state index contributed by atoms with van der Waals surface area (Å²) in [6.07, 6.45) is 0. The van der Waals surface area contributed by atoms with Crippen LogP contribution in [0.25, 0.3) is 0 Å². The lowest BCUT2D eigenvalue weighted by Gasteiger charge is -2.34. The lowest BCUT2D eigenvalue weighted by molar-refractivity contribution is -0.383. The van der Waals surface area contributed by atoms with Gasteiger partial charge in [0.05, 0.1) is 10.4 Å². The van der Waals surface area contributed by atoms with Crippen LogP contribution in [0.2, 0.25) is 0 Å². The molecule has 0 saturated carbocycles. The number of likely N-dealkylation sites (N-methyl/N-ethyl adjacent to an activating group) is 1. The molecule has 1 fully saturated rings. The van der Waals surface area contributed by atoms with Crippen molar-refractivity contribution in [3.05, 3.63) is 28.3 Å². The molecule has 2 N–H and O–H groups in total. The van der Waals surface area contributed by atoms with Crippen molar-refractivity contribution in [1.29, 1.82) is 0 Å². The zero-order valence-corrected chi connectivity index (χ0v) is 9.38. The summed E-state index contributed by atoms with van der Waals surface area (Å²) in [5.74, 6) is 0. The van der Waals surface area contributed by atoms with Crippen molar-refractivity contribution in [2.45, 2.75) is 0 Å². The molecule has 0 aromatic heterocycles. The van der Waals surface area contributed by atoms with Crippen LogP contribution in [-0.2, 0) is 0 Å². The fourth-order valence-electron chi connectivity index (χ4n) is 1.52. The maximum Gasteiger partial charge on any atom is 0.292 e. The molecule has 6 nitrogen and oxygen atoms in total. The third-order valence-corrected chi connectivity index (χ3v) is 2.46. The van der Waals surface area contributed by atoms with Crippen molar-refractivity contribution in [2.75, 3.05) is 43.8 Å². The summed E-state index contributed by atoms with van der Waals surface area (Å²) in [6, 6.07) is 3.71. The molecule has 0 radical (unpaired) electrons. The topological polar surface area (TPSA) is 75.6 Å². The lowest BCUT2D eigenvalue weighted by Crippen LogP contribution is -2.44. The molecule has 1 aromatic rings. The number of rotatable bonds is 2. The highest BCUT2D eigenvalue weighted by molar-refractivity contribution is 5.66. The quantitative estimate of drug-likeness (QED) is 0.473. The minimum absolute atomic E-state index is 0.0173. The molecule has 2 rings (SSSR count). The van der Waals surface area contributed by atoms with Crippen molar-refractivity contribution < 1.29 is 10.4 Å². The van der Waals surface area contributed by atoms with Crippen LogP contribution in [0, 0.1) is 10.1 Å². The number of piperazine rings is 1. The van der Waals surface area contributed by atoms with Gasteiger partial charge in [-0.15, -0.1) is 0 Å². The predicted molar refractivity (Wildman–Crippen MR) is 67.2 cm³/mol. The molecule has 0 unspecified atom stereocenters. The van der Waals surface area contributed by atoms with Gasteiger partial charge in [0, 0.05) is 37.8 Å². The third-order valence-electron chi connectivity index (χ3n) is 2.46. The third kappa shape index (κ3) is 2.47. The fourth-order valence-corrected chi connectivity index (χ4v) is 1.52. The Kier molecular flexibility index (Phi) is 2.02. The summed E-state index contributed by atoms with van der Waals surface area (Å²) >= 11 is 0. The molecule has 0 atom stereocenters. The van der Waals surface area contributed by atoms with E-state index in [1.165, 1.54) is 12.1 Å². The largest absolute Gasteiger partial charge is 0.393 e. The van der Waals surface area contributed by atoms with Crippen LogP contribution in [0.3, 0.4) is 0 Å². The van der Waals surface area contributed by atoms with Gasteiger partial charge in [-0.2, -0.15) is 0 Å². The lowest BCUT2D eigenvalue weighted by atomic mass is 10.2. The van der Waals surface area contributed by atoms with Gasteiger partial charge in [0.2, 0.25) is 0 Å². The van der Waals surface area contributed by atoms with E-state index < -0.39 is 17.9 Å². The molecule has 1 saturated heterocycles. The van der Waals surface area contributed by atoms with Gasteiger partial charge in [0.1, 0.15) is 5.69 Å². The predicted octanol–water partition coefficient (Wildman–Crippen LogP) is 0.929. The second kappa shape index (κ2) is 4.58. The summed E-state index contributed by atoms with van der Waals surface area (Å²) in [5.41, 5.74) is 5.39. The van der Waals surface area contributed by atoms with Crippen LogP contribution in [-0.4, -0.2) is 43.0 Å². The maximum absolute atomic E-state index is 10.8. The van der Waals surface area contributed by atoms with Crippen LogP contribution in [0.5, 0.6) is 0 Å². The van der Waals surface area contributed by atoms with Gasteiger partial charge in [0.25, 0.3) is 5.69 Å². The van der Waals surface area contributed by atoms with Crippen molar-refractivity contribution in [3.63, 3.8) is 0 Å². The summed E-state index contributed by atoms with van der Waals surface area (Å²) < 4.78 is 32.2. The summed E-state index contributed by atoms with van der Waals surface area (Å²) in [4.78, 5) is 12.7. The smallest absolute Gasteiger partial charge is 0.292 e. The first-order chi connectivity index (χ1) is 9.54. The zero-order chi connectivity index (χ0) is 16.0. The number of nitrogens with two attached hydrogens (primary N) is 1. The van der Waals surface area contributed by atoms with E-state index in [1.807, 2.05) is 0 Å². The Morgan fingerprint density at radius 1 is 1.47 bits per heavy atom. The summed E-state index contributed by atoms with van der Waals surface area (Å²) in [7, 11) is 1.64. The van der Waals surface area contributed by atoms with Crippen molar-refractivity contribution in [1.82, 2.24) is 4.90 Å². The highest BCUT2D eigenvalue weighted by atomic mass is 16.6. The number of nitro groups is 1. The molecule has 0 bridgehead atoms. The molecular formula is C11H16N4O2. The molecule has 1 heterocycles. The standard InChI is InChI=1S/C11H16N4O2/c1-13-4-6-14(7-5-13)9-2-3-11(15(16)17)10(12)8-9/h2-3,8H,4-7,12H2,1H3/i6D2,7D2. The molecule has 0 amide bonds. The Hall–Kier alpha value is -1.82. The average molecular weight is 240 g/mol. The van der Waals surface area contributed by atoms with E-state index in [2.05, 4.69) is 0 Å². The number of nitrogen functional groups attached to an aromatic ring is 1. The molecule has 1 aliphatic heterocycles. The van der Waals surface area contributed by atoms with Crippen molar-refractivity contribution in [3.8, 4) is 0 Å². The van der Waals surface area contributed by atoms with Crippen molar-refractivity contribution >= 4 is 17.1 Å². The molecular weight excluding hydrogens is 220 g/mol. The van der Waals surface area contributed by atoms with E-state index in [0.29, 0.717) is 0 Å². The first-order valence-electron chi connectivity index (χ1n) is 7.07. The van der Waals surface area contributed by atoms with Gasteiger partial charge in [-0.05, 0) is 19.2 Å². The minimum atomic E-state index is -1.96. The van der Waals surface area contributed by atoms with E-state index in [-0.39, 0.29) is 30.2 Å². The first kappa shape index (κ1) is 7.50. The van der Waals surface area contributed by atoms with E-state index in [0.717, 1.165) is 11.0 Å². The molecule has 0 spiro atoms. The maximum atomic E-state index is 10.8. The van der Waals surface area contributed by atoms with E-state index in [9.17, 15) is 10.1 Å². The zero-order valence-electron chi connectivity index (χ0n) is 13.4. The van der Waals surface area contributed by atoms with E-state index >= 15 is 0 Å². The highest BCUT2D eigenvalue weighted by Crippen LogP contribution is 2.27. The van der Waals surface area contributed by atoms with Gasteiger partial charge in [-0.1, -0.05) is 0 Å². The van der Waals surface area contributed by atoms with E-state index in [1.54, 1.807) is 11.9 Å². The Morgan fingerprint density at radius 3 is 2.65 bits per heavy atom. The van der Waals surface area contributed by atoms with Gasteiger partial charge in [-0.3, -0.25) is 10.1 Å². The van der Waals surface area contributed by atoms with Gasteiger partial charge in [-0.25, -0.2) is 0 Å². The van der Waals surface area contributed by atoms with Crippen LogP contribution >= 0.6 is 0 Å². The van der Waals surface area contributed by atoms with Gasteiger partial charge >= 0.3 is 0 Å². The minimum Gasteiger partial charge on any atom is -0.393 e. The number of hydrogen-bond donors (Lipinski definition) is 1. The number of nitrogens with zero attached hydrogens (tertiary/aromatic N) is 3. The second-order valence-corrected chi connectivity index (χ2v) is 3.82. The Labute approximate surface area is 105 Å². The number of benzene rings is 1. The van der Waals surface area contributed by atoms with Gasteiger partial charge in [0.15, 0.2) is 0 Å². The molecule has 1 aliphatic rings. The molecule has 6 heteroatoms. The van der Waals surface area contributed by atoms with Crippen LogP contribution in [0.15, 0.2) is 18.2 Å². The monoisotopic (exact) mass is 240 g/mol. The second-order valence-electron chi connectivity index (χ2n) is 3.82. The molecule has 1 aromatic carbocycles. The number of hydrogen-bond acceptors (Lipinski definition) is 5.